The van der Waals surface area contributed by atoms with Crippen molar-refractivity contribution in [3.05, 3.63) is 39.9 Å². The van der Waals surface area contributed by atoms with E-state index in [1.807, 2.05) is 11.3 Å². The summed E-state index contributed by atoms with van der Waals surface area (Å²) in [5.41, 5.74) is 1.84. The molecule has 1 aliphatic carbocycles. The van der Waals surface area contributed by atoms with E-state index in [2.05, 4.69) is 88.7 Å². The van der Waals surface area contributed by atoms with E-state index in [-0.39, 0.29) is 5.54 Å². The van der Waals surface area contributed by atoms with Gasteiger partial charge in [0.1, 0.15) is 8.24 Å². The Morgan fingerprint density at radius 3 is 2.48 bits per heavy atom. The normalized spacial score (nSPS) is 26.4. The van der Waals surface area contributed by atoms with Crippen molar-refractivity contribution in [2.45, 2.75) is 69.3 Å². The van der Waals surface area contributed by atoms with Crippen LogP contribution in [0.5, 0.6) is 0 Å². The van der Waals surface area contributed by atoms with Crippen LogP contribution in [0.15, 0.2) is 39.9 Å². The Balaban J connectivity index is 1.77. The number of allylic oxidation sites excluding steroid dienone is 1. The standard InChI is InChI=1S/C21H29NS2Si/c1-12-13(2)20(25(6,7)22-21(3,4)5)19-16(12)18-17(24-19)14-10-8-9-11-15(14)23-18/h8-12,16,19,22H,1-7H3. The van der Waals surface area contributed by atoms with E-state index in [4.69, 9.17) is 0 Å². The predicted octanol–water partition coefficient (Wildman–Crippen LogP) is 6.56. The van der Waals surface area contributed by atoms with Crippen LogP contribution >= 0.6 is 23.1 Å². The Labute approximate surface area is 161 Å². The molecule has 0 radical (unpaired) electrons. The molecule has 25 heavy (non-hydrogen) atoms. The van der Waals surface area contributed by atoms with Gasteiger partial charge in [-0.3, -0.25) is 0 Å². The molecule has 1 aromatic heterocycles. The molecule has 0 saturated heterocycles. The molecule has 0 spiro atoms. The van der Waals surface area contributed by atoms with Crippen LogP contribution < -0.4 is 4.98 Å². The number of rotatable bonds is 2. The summed E-state index contributed by atoms with van der Waals surface area (Å²) in [4.78, 5) is 7.26. The van der Waals surface area contributed by atoms with E-state index in [1.165, 1.54) is 10.1 Å². The Bertz CT molecular complexity index is 872. The van der Waals surface area contributed by atoms with Gasteiger partial charge in [-0.2, -0.15) is 0 Å². The first-order chi connectivity index (χ1) is 11.6. The molecule has 4 rings (SSSR count). The van der Waals surface area contributed by atoms with Gasteiger partial charge in [0.2, 0.25) is 0 Å². The molecule has 3 unspecified atom stereocenters. The summed E-state index contributed by atoms with van der Waals surface area (Å²) in [6, 6.07) is 8.96. The molecule has 134 valence electrons. The maximum atomic E-state index is 4.03. The van der Waals surface area contributed by atoms with Crippen LogP contribution in [0.1, 0.15) is 45.4 Å². The second kappa shape index (κ2) is 5.72. The average molecular weight is 388 g/mol. The fourth-order valence-corrected chi connectivity index (χ4v) is 13.6. The number of thiophene rings is 1. The van der Waals surface area contributed by atoms with E-state index in [0.717, 1.165) is 0 Å². The van der Waals surface area contributed by atoms with Gasteiger partial charge in [0, 0.05) is 36.6 Å². The summed E-state index contributed by atoms with van der Waals surface area (Å²) >= 11 is 4.20. The van der Waals surface area contributed by atoms with Crippen molar-refractivity contribution in [2.75, 3.05) is 0 Å². The van der Waals surface area contributed by atoms with Gasteiger partial charge in [-0.25, -0.2) is 0 Å². The van der Waals surface area contributed by atoms with E-state index in [0.29, 0.717) is 17.1 Å². The smallest absolute Gasteiger partial charge is 0.148 e. The van der Waals surface area contributed by atoms with Gasteiger partial charge in [0.15, 0.2) is 0 Å². The summed E-state index contributed by atoms with van der Waals surface area (Å²) < 4.78 is 1.46. The highest BCUT2D eigenvalue weighted by molar-refractivity contribution is 8.01. The van der Waals surface area contributed by atoms with Crippen LogP contribution in [-0.2, 0) is 0 Å². The Morgan fingerprint density at radius 1 is 1.12 bits per heavy atom. The number of fused-ring (bicyclic) bond motifs is 5. The molecule has 0 amide bonds. The lowest BCUT2D eigenvalue weighted by atomic mass is 9.92. The van der Waals surface area contributed by atoms with Gasteiger partial charge in [-0.05, 0) is 39.7 Å². The van der Waals surface area contributed by atoms with Crippen LogP contribution in [0.25, 0.3) is 10.1 Å². The van der Waals surface area contributed by atoms with Crippen LogP contribution in [0.2, 0.25) is 13.1 Å². The molecule has 2 heterocycles. The first-order valence-corrected chi connectivity index (χ1v) is 14.0. The minimum Gasteiger partial charge on any atom is -0.329 e. The Morgan fingerprint density at radius 2 is 1.80 bits per heavy atom. The molecule has 2 aromatic rings. The van der Waals surface area contributed by atoms with Crippen molar-refractivity contribution in [3.8, 4) is 0 Å². The topological polar surface area (TPSA) is 12.0 Å². The summed E-state index contributed by atoms with van der Waals surface area (Å²) in [6.07, 6.45) is 0. The van der Waals surface area contributed by atoms with E-state index >= 15 is 0 Å². The van der Waals surface area contributed by atoms with Crippen LogP contribution in [0.3, 0.4) is 0 Å². The molecule has 0 bridgehead atoms. The summed E-state index contributed by atoms with van der Waals surface area (Å²) in [5, 5.41) is 3.91. The molecule has 2 aliphatic rings. The lowest BCUT2D eigenvalue weighted by molar-refractivity contribution is 0.513. The molecular formula is C21H29NS2Si. The van der Waals surface area contributed by atoms with Crippen LogP contribution in [0, 0.1) is 5.92 Å². The largest absolute Gasteiger partial charge is 0.329 e. The van der Waals surface area contributed by atoms with Gasteiger partial charge in [-0.15, -0.1) is 23.1 Å². The number of thioether (sulfide) groups is 1. The van der Waals surface area contributed by atoms with Gasteiger partial charge >= 0.3 is 0 Å². The van der Waals surface area contributed by atoms with Gasteiger partial charge in [0.05, 0.1) is 0 Å². The zero-order valence-electron chi connectivity index (χ0n) is 16.4. The first kappa shape index (κ1) is 17.8. The summed E-state index contributed by atoms with van der Waals surface area (Å²) in [7, 11) is -1.66. The molecule has 1 aromatic carbocycles. The number of hydrogen-bond donors (Lipinski definition) is 1. The van der Waals surface area contributed by atoms with Crippen molar-refractivity contribution in [2.24, 2.45) is 5.92 Å². The highest BCUT2D eigenvalue weighted by atomic mass is 32.2. The van der Waals surface area contributed by atoms with Crippen molar-refractivity contribution < 1.29 is 0 Å². The molecule has 3 atom stereocenters. The zero-order chi connectivity index (χ0) is 18.1. The predicted molar refractivity (Wildman–Crippen MR) is 116 cm³/mol. The molecule has 1 nitrogen and oxygen atoms in total. The zero-order valence-corrected chi connectivity index (χ0v) is 19.0. The van der Waals surface area contributed by atoms with Gasteiger partial charge in [0.25, 0.3) is 0 Å². The quantitative estimate of drug-likeness (QED) is 0.586. The average Bonchev–Trinajstić information content (AvgIpc) is 3.06. The molecule has 4 heteroatoms. The van der Waals surface area contributed by atoms with Crippen molar-refractivity contribution >= 4 is 41.4 Å². The summed E-state index contributed by atoms with van der Waals surface area (Å²) in [5.74, 6) is 1.34. The maximum Gasteiger partial charge on any atom is 0.148 e. The van der Waals surface area contributed by atoms with Crippen LogP contribution in [0.4, 0.5) is 0 Å². The third-order valence-corrected chi connectivity index (χ3v) is 12.2. The van der Waals surface area contributed by atoms with E-state index in [1.54, 1.807) is 20.5 Å². The minimum absolute atomic E-state index is 0.172. The summed E-state index contributed by atoms with van der Waals surface area (Å²) in [6.45, 7) is 16.8. The molecule has 1 aliphatic heterocycles. The second-order valence-electron chi connectivity index (χ2n) is 9.24. The minimum atomic E-state index is -1.66. The Hall–Kier alpha value is -0.553. The number of benzene rings is 1. The third-order valence-electron chi connectivity index (χ3n) is 5.74. The van der Waals surface area contributed by atoms with Crippen molar-refractivity contribution in [1.29, 1.82) is 0 Å². The SMILES string of the molecule is CC1=C([Si](C)(C)NC(C)(C)C)C2Sc3c(sc4ccccc34)C2C1C. The molecule has 1 N–H and O–H groups in total. The fraction of sp³-hybridized carbons (Fsp3) is 0.524. The van der Waals surface area contributed by atoms with Crippen LogP contribution in [-0.4, -0.2) is 19.0 Å². The van der Waals surface area contributed by atoms with Gasteiger partial charge < -0.3 is 4.98 Å². The molecular weight excluding hydrogens is 358 g/mol. The lowest BCUT2D eigenvalue weighted by Gasteiger charge is -2.37. The monoisotopic (exact) mass is 387 g/mol. The number of nitrogens with one attached hydrogen (secondary N) is 1. The second-order valence-corrected chi connectivity index (χ2v) is 15.5. The third kappa shape index (κ3) is 2.77. The van der Waals surface area contributed by atoms with E-state index < -0.39 is 8.24 Å². The highest BCUT2D eigenvalue weighted by Crippen LogP contribution is 2.62. The Kier molecular flexibility index (Phi) is 4.08. The van der Waals surface area contributed by atoms with E-state index in [9.17, 15) is 0 Å². The molecule has 0 fully saturated rings. The van der Waals surface area contributed by atoms with Gasteiger partial charge in [-0.1, -0.05) is 49.0 Å². The number of hydrogen-bond acceptors (Lipinski definition) is 3. The first-order valence-electron chi connectivity index (χ1n) is 9.29. The highest BCUT2D eigenvalue weighted by Gasteiger charge is 2.51. The molecule has 0 saturated carbocycles. The maximum absolute atomic E-state index is 4.03. The fourth-order valence-electron chi connectivity index (χ4n) is 5.04. The van der Waals surface area contributed by atoms with Crippen molar-refractivity contribution in [1.82, 2.24) is 4.98 Å². The lowest BCUT2D eigenvalue weighted by Crippen LogP contribution is -2.57. The van der Waals surface area contributed by atoms with Crippen molar-refractivity contribution in [3.63, 3.8) is 0 Å².